The summed E-state index contributed by atoms with van der Waals surface area (Å²) in [6, 6.07) is 0.472. The zero-order valence-corrected chi connectivity index (χ0v) is 11.6. The summed E-state index contributed by atoms with van der Waals surface area (Å²) in [4.78, 5) is 12.1. The predicted octanol–water partition coefficient (Wildman–Crippen LogP) is 1.84. The van der Waals surface area contributed by atoms with Crippen molar-refractivity contribution in [3.8, 4) is 0 Å². The summed E-state index contributed by atoms with van der Waals surface area (Å²) in [7, 11) is 0. The maximum atomic E-state index is 12.1. The third-order valence-corrected chi connectivity index (χ3v) is 3.62. The molecule has 4 heteroatoms. The van der Waals surface area contributed by atoms with Crippen LogP contribution in [-0.4, -0.2) is 21.7 Å². The van der Waals surface area contributed by atoms with Crippen molar-refractivity contribution >= 4 is 0 Å². The van der Waals surface area contributed by atoms with E-state index in [0.29, 0.717) is 6.04 Å². The Hall–Kier alpha value is -1.03. The Labute approximate surface area is 109 Å². The molecule has 0 aromatic carbocycles. The Bertz CT molecular complexity index is 417. The summed E-state index contributed by atoms with van der Waals surface area (Å²) in [6.45, 7) is 6.97. The van der Waals surface area contributed by atoms with Crippen molar-refractivity contribution in [1.29, 1.82) is 0 Å². The van der Waals surface area contributed by atoms with Gasteiger partial charge in [0.25, 0.3) is 0 Å². The molecule has 0 amide bonds. The Morgan fingerprint density at radius 2 is 2.00 bits per heavy atom. The van der Waals surface area contributed by atoms with E-state index in [9.17, 15) is 4.79 Å². The summed E-state index contributed by atoms with van der Waals surface area (Å²) >= 11 is 0. The minimum absolute atomic E-state index is 0.140. The van der Waals surface area contributed by atoms with Crippen LogP contribution in [0.5, 0.6) is 0 Å². The quantitative estimate of drug-likeness (QED) is 0.765. The summed E-state index contributed by atoms with van der Waals surface area (Å²) in [6.07, 6.45) is 8.62. The van der Waals surface area contributed by atoms with Crippen LogP contribution in [0.1, 0.15) is 39.5 Å². The van der Waals surface area contributed by atoms with Gasteiger partial charge in [-0.2, -0.15) is 0 Å². The molecule has 4 nitrogen and oxygen atoms in total. The molecule has 0 bridgehead atoms. The topological polar surface area (TPSA) is 39.0 Å². The van der Waals surface area contributed by atoms with Crippen LogP contribution in [0.25, 0.3) is 0 Å². The minimum atomic E-state index is 0.140. The van der Waals surface area contributed by atoms with Gasteiger partial charge < -0.3 is 5.32 Å². The molecule has 1 aromatic heterocycles. The summed E-state index contributed by atoms with van der Waals surface area (Å²) in [5.41, 5.74) is 0.140. The first-order chi connectivity index (χ1) is 8.76. The zero-order chi connectivity index (χ0) is 13.0. The molecule has 0 saturated heterocycles. The molecular formula is C14H25N3O. The van der Waals surface area contributed by atoms with Crippen molar-refractivity contribution < 1.29 is 0 Å². The Balaban J connectivity index is 1.99. The maximum Gasteiger partial charge on any atom is 0.328 e. The molecule has 1 heterocycles. The lowest BCUT2D eigenvalue weighted by Gasteiger charge is -2.18. The van der Waals surface area contributed by atoms with Crippen LogP contribution in [0.15, 0.2) is 17.2 Å². The predicted molar refractivity (Wildman–Crippen MR) is 73.8 cm³/mol. The highest BCUT2D eigenvalue weighted by molar-refractivity contribution is 4.90. The van der Waals surface area contributed by atoms with Crippen molar-refractivity contribution in [3.63, 3.8) is 0 Å². The lowest BCUT2D eigenvalue weighted by Crippen LogP contribution is -2.38. The third kappa shape index (κ3) is 3.25. The number of aryl methyl sites for hydroxylation is 1. The molecule has 0 radical (unpaired) electrons. The van der Waals surface area contributed by atoms with Crippen LogP contribution in [0.3, 0.4) is 0 Å². The second kappa shape index (κ2) is 6.23. The monoisotopic (exact) mass is 251 g/mol. The van der Waals surface area contributed by atoms with E-state index in [1.54, 1.807) is 0 Å². The van der Waals surface area contributed by atoms with Gasteiger partial charge in [-0.25, -0.2) is 4.79 Å². The number of imidazole rings is 1. The van der Waals surface area contributed by atoms with Crippen molar-refractivity contribution in [2.45, 2.75) is 58.7 Å². The van der Waals surface area contributed by atoms with E-state index in [4.69, 9.17) is 0 Å². The molecule has 102 valence electrons. The van der Waals surface area contributed by atoms with Crippen molar-refractivity contribution in [2.75, 3.05) is 6.54 Å². The molecule has 18 heavy (non-hydrogen) atoms. The number of nitrogens with one attached hydrogen (secondary N) is 1. The molecule has 1 unspecified atom stereocenters. The minimum Gasteiger partial charge on any atom is -0.312 e. The van der Waals surface area contributed by atoms with E-state index in [2.05, 4.69) is 19.2 Å². The lowest BCUT2D eigenvalue weighted by molar-refractivity contribution is 0.400. The summed E-state index contributed by atoms with van der Waals surface area (Å²) < 4.78 is 3.67. The van der Waals surface area contributed by atoms with Crippen molar-refractivity contribution in [3.05, 3.63) is 22.9 Å². The molecule has 0 spiro atoms. The number of rotatable bonds is 8. The van der Waals surface area contributed by atoms with E-state index < -0.39 is 0 Å². The smallest absolute Gasteiger partial charge is 0.312 e. The molecule has 1 fully saturated rings. The second-order valence-corrected chi connectivity index (χ2v) is 5.32. The van der Waals surface area contributed by atoms with Gasteiger partial charge in [-0.3, -0.25) is 9.13 Å². The largest absolute Gasteiger partial charge is 0.328 e. The molecule has 1 aliphatic rings. The highest BCUT2D eigenvalue weighted by atomic mass is 16.1. The highest BCUT2D eigenvalue weighted by Gasteiger charge is 2.31. The van der Waals surface area contributed by atoms with Gasteiger partial charge in [-0.1, -0.05) is 13.8 Å². The first-order valence-corrected chi connectivity index (χ1v) is 7.25. The Morgan fingerprint density at radius 1 is 1.28 bits per heavy atom. The van der Waals surface area contributed by atoms with E-state index in [1.807, 2.05) is 21.5 Å². The average molecular weight is 251 g/mol. The van der Waals surface area contributed by atoms with Crippen LogP contribution in [0.4, 0.5) is 0 Å². The standard InChI is InChI=1S/C14H25N3O/c1-3-7-15-13(12-5-6-12)11-17-10-9-16(8-4-2)14(17)18/h9-10,12-13,15H,3-8,11H2,1-2H3. The van der Waals surface area contributed by atoms with Gasteiger partial charge in [0.2, 0.25) is 0 Å². The first-order valence-electron chi connectivity index (χ1n) is 7.25. The number of hydrogen-bond donors (Lipinski definition) is 1. The first kappa shape index (κ1) is 13.4. The molecule has 1 saturated carbocycles. The molecule has 1 N–H and O–H groups in total. The lowest BCUT2D eigenvalue weighted by atomic mass is 10.2. The zero-order valence-electron chi connectivity index (χ0n) is 11.6. The van der Waals surface area contributed by atoms with Crippen molar-refractivity contribution in [1.82, 2.24) is 14.5 Å². The summed E-state index contributed by atoms with van der Waals surface area (Å²) in [5.74, 6) is 0.776. The van der Waals surface area contributed by atoms with Crippen molar-refractivity contribution in [2.24, 2.45) is 5.92 Å². The summed E-state index contributed by atoms with van der Waals surface area (Å²) in [5, 5.41) is 3.58. The maximum absolute atomic E-state index is 12.1. The Morgan fingerprint density at radius 3 is 2.61 bits per heavy atom. The highest BCUT2D eigenvalue weighted by Crippen LogP contribution is 2.33. The van der Waals surface area contributed by atoms with E-state index in [0.717, 1.165) is 38.4 Å². The normalized spacial score (nSPS) is 17.0. The molecule has 0 aliphatic heterocycles. The fourth-order valence-electron chi connectivity index (χ4n) is 2.42. The van der Waals surface area contributed by atoms with Gasteiger partial charge in [-0.15, -0.1) is 0 Å². The number of hydrogen-bond acceptors (Lipinski definition) is 2. The van der Waals surface area contributed by atoms with Crippen LogP contribution < -0.4 is 11.0 Å². The van der Waals surface area contributed by atoms with Gasteiger partial charge in [0.1, 0.15) is 0 Å². The molecule has 1 atom stereocenters. The third-order valence-electron chi connectivity index (χ3n) is 3.62. The van der Waals surface area contributed by atoms with E-state index >= 15 is 0 Å². The van der Waals surface area contributed by atoms with Crippen LogP contribution in [0.2, 0.25) is 0 Å². The van der Waals surface area contributed by atoms with Gasteiger partial charge in [-0.05, 0) is 38.1 Å². The molecular weight excluding hydrogens is 226 g/mol. The molecule has 1 aliphatic carbocycles. The molecule has 1 aromatic rings. The average Bonchev–Trinajstić information content (AvgIpc) is 3.15. The Kier molecular flexibility index (Phi) is 4.64. The van der Waals surface area contributed by atoms with E-state index in [-0.39, 0.29) is 5.69 Å². The number of aromatic nitrogens is 2. The van der Waals surface area contributed by atoms with Crippen LogP contribution in [-0.2, 0) is 13.1 Å². The van der Waals surface area contributed by atoms with Gasteiger partial charge in [0.15, 0.2) is 0 Å². The fourth-order valence-corrected chi connectivity index (χ4v) is 2.42. The molecule has 2 rings (SSSR count). The van der Waals surface area contributed by atoms with Gasteiger partial charge in [0, 0.05) is 31.5 Å². The second-order valence-electron chi connectivity index (χ2n) is 5.32. The van der Waals surface area contributed by atoms with Crippen LogP contribution in [0, 0.1) is 5.92 Å². The van der Waals surface area contributed by atoms with Crippen LogP contribution >= 0.6 is 0 Å². The van der Waals surface area contributed by atoms with Gasteiger partial charge in [0.05, 0.1) is 0 Å². The van der Waals surface area contributed by atoms with E-state index in [1.165, 1.54) is 12.8 Å². The van der Waals surface area contributed by atoms with Gasteiger partial charge >= 0.3 is 5.69 Å². The fraction of sp³-hybridized carbons (Fsp3) is 0.786. The SMILES string of the molecule is CCCNC(Cn1ccn(CCC)c1=O)C1CC1. The number of nitrogens with zero attached hydrogens (tertiary/aromatic N) is 2.